The first-order valence-electron chi connectivity index (χ1n) is 5.36. The van der Waals surface area contributed by atoms with Gasteiger partial charge in [0.05, 0.1) is 0 Å². The summed E-state index contributed by atoms with van der Waals surface area (Å²) in [6, 6.07) is 6.80. The highest BCUT2D eigenvalue weighted by molar-refractivity contribution is 5.55. The van der Waals surface area contributed by atoms with E-state index in [0.717, 1.165) is 6.42 Å². The maximum absolute atomic E-state index is 2.30. The Kier molecular flexibility index (Phi) is 3.56. The molecule has 1 rings (SSSR count). The molecule has 0 saturated carbocycles. The Morgan fingerprint density at radius 1 is 1.21 bits per heavy atom. The van der Waals surface area contributed by atoms with Crippen molar-refractivity contribution in [3.05, 3.63) is 29.3 Å². The van der Waals surface area contributed by atoms with Gasteiger partial charge in [0.2, 0.25) is 0 Å². The Morgan fingerprint density at radius 3 is 2.29 bits per heavy atom. The van der Waals surface area contributed by atoms with Crippen LogP contribution in [0.15, 0.2) is 18.2 Å². The molecule has 0 aliphatic carbocycles. The monoisotopic (exact) mass is 191 g/mol. The van der Waals surface area contributed by atoms with E-state index in [-0.39, 0.29) is 0 Å². The number of hydrogen-bond acceptors (Lipinski definition) is 1. The number of hydrogen-bond donors (Lipinski definition) is 0. The zero-order valence-electron chi connectivity index (χ0n) is 9.96. The van der Waals surface area contributed by atoms with Crippen LogP contribution in [-0.4, -0.2) is 14.1 Å². The lowest BCUT2D eigenvalue weighted by atomic mass is 9.98. The Balaban J connectivity index is 3.17. The molecule has 1 heteroatoms. The van der Waals surface area contributed by atoms with E-state index in [9.17, 15) is 0 Å². The van der Waals surface area contributed by atoms with Crippen molar-refractivity contribution >= 4 is 5.69 Å². The van der Waals surface area contributed by atoms with Crippen LogP contribution in [-0.2, 0) is 6.42 Å². The van der Waals surface area contributed by atoms with Crippen LogP contribution in [0.2, 0.25) is 0 Å². The van der Waals surface area contributed by atoms with Gasteiger partial charge in [-0.2, -0.15) is 0 Å². The summed E-state index contributed by atoms with van der Waals surface area (Å²) in [6.07, 6.45) is 1.11. The second-order valence-corrected chi connectivity index (χ2v) is 4.30. The number of benzene rings is 1. The Hall–Kier alpha value is -0.980. The van der Waals surface area contributed by atoms with E-state index in [2.05, 4.69) is 58.0 Å². The number of anilines is 1. The molecule has 0 atom stereocenters. The van der Waals surface area contributed by atoms with E-state index in [0.29, 0.717) is 5.92 Å². The van der Waals surface area contributed by atoms with Gasteiger partial charge in [0, 0.05) is 19.8 Å². The topological polar surface area (TPSA) is 3.24 Å². The Labute approximate surface area is 87.7 Å². The van der Waals surface area contributed by atoms with E-state index in [1.54, 1.807) is 0 Å². The minimum atomic E-state index is 0.596. The van der Waals surface area contributed by atoms with Gasteiger partial charge in [-0.3, -0.25) is 0 Å². The summed E-state index contributed by atoms with van der Waals surface area (Å²) in [6.45, 7) is 6.69. The van der Waals surface area contributed by atoms with Gasteiger partial charge < -0.3 is 4.90 Å². The molecule has 0 N–H and O–H groups in total. The number of nitrogens with zero attached hydrogens (tertiary/aromatic N) is 1. The molecule has 0 aromatic heterocycles. The molecule has 78 valence electrons. The standard InChI is InChI=1S/C13H21N/c1-6-11-7-8-12(10(2)3)13(9-11)14(4)5/h7-10H,6H2,1-5H3. The average molecular weight is 191 g/mol. The van der Waals surface area contributed by atoms with Crippen LogP contribution < -0.4 is 4.90 Å². The van der Waals surface area contributed by atoms with Gasteiger partial charge in [-0.15, -0.1) is 0 Å². The van der Waals surface area contributed by atoms with Gasteiger partial charge in [0.1, 0.15) is 0 Å². The summed E-state index contributed by atoms with van der Waals surface area (Å²) < 4.78 is 0. The van der Waals surface area contributed by atoms with E-state index >= 15 is 0 Å². The lowest BCUT2D eigenvalue weighted by Crippen LogP contribution is -2.12. The normalized spacial score (nSPS) is 10.7. The Morgan fingerprint density at radius 2 is 1.86 bits per heavy atom. The summed E-state index contributed by atoms with van der Waals surface area (Å²) in [5.41, 5.74) is 4.21. The predicted octanol–water partition coefficient (Wildman–Crippen LogP) is 3.44. The highest BCUT2D eigenvalue weighted by atomic mass is 15.1. The third kappa shape index (κ3) is 2.28. The summed E-state index contributed by atoms with van der Waals surface area (Å²) in [7, 11) is 4.22. The van der Waals surface area contributed by atoms with Crippen LogP contribution >= 0.6 is 0 Å². The number of aryl methyl sites for hydroxylation is 1. The maximum atomic E-state index is 2.30. The van der Waals surface area contributed by atoms with Crippen LogP contribution in [0.1, 0.15) is 37.8 Å². The molecule has 0 heterocycles. The van der Waals surface area contributed by atoms with Crippen molar-refractivity contribution in [3.8, 4) is 0 Å². The molecule has 0 spiro atoms. The summed E-state index contributed by atoms with van der Waals surface area (Å²) in [5, 5.41) is 0. The zero-order chi connectivity index (χ0) is 10.7. The molecule has 0 fully saturated rings. The van der Waals surface area contributed by atoms with E-state index in [1.165, 1.54) is 16.8 Å². The van der Waals surface area contributed by atoms with Gasteiger partial charge >= 0.3 is 0 Å². The second-order valence-electron chi connectivity index (χ2n) is 4.30. The molecule has 0 saturated heterocycles. The molecule has 1 aromatic rings. The highest BCUT2D eigenvalue weighted by Crippen LogP contribution is 2.27. The minimum absolute atomic E-state index is 0.596. The van der Waals surface area contributed by atoms with E-state index in [4.69, 9.17) is 0 Å². The van der Waals surface area contributed by atoms with Crippen LogP contribution in [0.4, 0.5) is 5.69 Å². The lowest BCUT2D eigenvalue weighted by molar-refractivity contribution is 0.856. The lowest BCUT2D eigenvalue weighted by Gasteiger charge is -2.20. The average Bonchev–Trinajstić information content (AvgIpc) is 2.16. The van der Waals surface area contributed by atoms with Crippen LogP contribution in [0.5, 0.6) is 0 Å². The van der Waals surface area contributed by atoms with Gasteiger partial charge in [0.25, 0.3) is 0 Å². The molecular weight excluding hydrogens is 170 g/mol. The van der Waals surface area contributed by atoms with Gasteiger partial charge in [-0.1, -0.05) is 32.9 Å². The van der Waals surface area contributed by atoms with Crippen LogP contribution in [0.25, 0.3) is 0 Å². The number of rotatable bonds is 3. The molecule has 0 amide bonds. The summed E-state index contributed by atoms with van der Waals surface area (Å²) >= 11 is 0. The van der Waals surface area contributed by atoms with Crippen molar-refractivity contribution in [2.45, 2.75) is 33.1 Å². The van der Waals surface area contributed by atoms with E-state index < -0.39 is 0 Å². The van der Waals surface area contributed by atoms with Gasteiger partial charge in [0.15, 0.2) is 0 Å². The first-order chi connectivity index (χ1) is 6.56. The van der Waals surface area contributed by atoms with Crippen molar-refractivity contribution in [1.29, 1.82) is 0 Å². The van der Waals surface area contributed by atoms with Crippen molar-refractivity contribution in [1.82, 2.24) is 0 Å². The molecule has 0 bridgehead atoms. The third-order valence-electron chi connectivity index (χ3n) is 2.61. The second kappa shape index (κ2) is 4.50. The van der Waals surface area contributed by atoms with Crippen molar-refractivity contribution < 1.29 is 0 Å². The molecule has 0 aliphatic heterocycles. The molecule has 14 heavy (non-hydrogen) atoms. The Bertz CT molecular complexity index is 300. The fraction of sp³-hybridized carbons (Fsp3) is 0.538. The van der Waals surface area contributed by atoms with Crippen molar-refractivity contribution in [2.75, 3.05) is 19.0 Å². The van der Waals surface area contributed by atoms with Gasteiger partial charge in [-0.05, 0) is 29.5 Å². The fourth-order valence-electron chi connectivity index (χ4n) is 1.68. The molecule has 0 radical (unpaired) electrons. The fourth-order valence-corrected chi connectivity index (χ4v) is 1.68. The quantitative estimate of drug-likeness (QED) is 0.707. The third-order valence-corrected chi connectivity index (χ3v) is 2.61. The highest BCUT2D eigenvalue weighted by Gasteiger charge is 2.08. The molecular formula is C13H21N. The molecule has 1 nitrogen and oxygen atoms in total. The van der Waals surface area contributed by atoms with E-state index in [1.807, 2.05) is 0 Å². The molecule has 0 aliphatic rings. The van der Waals surface area contributed by atoms with Gasteiger partial charge in [-0.25, -0.2) is 0 Å². The first kappa shape index (κ1) is 11.1. The zero-order valence-corrected chi connectivity index (χ0v) is 9.96. The summed E-state index contributed by atoms with van der Waals surface area (Å²) in [5.74, 6) is 0.596. The SMILES string of the molecule is CCc1ccc(C(C)C)c(N(C)C)c1. The van der Waals surface area contributed by atoms with Crippen LogP contribution in [0, 0.1) is 0 Å². The molecule has 0 unspecified atom stereocenters. The first-order valence-corrected chi connectivity index (χ1v) is 5.36. The summed E-state index contributed by atoms with van der Waals surface area (Å²) in [4.78, 5) is 2.20. The molecule has 1 aromatic carbocycles. The van der Waals surface area contributed by atoms with Crippen LogP contribution in [0.3, 0.4) is 0 Å². The smallest absolute Gasteiger partial charge is 0.0398 e. The van der Waals surface area contributed by atoms with Crippen molar-refractivity contribution in [3.63, 3.8) is 0 Å². The predicted molar refractivity (Wildman–Crippen MR) is 64.2 cm³/mol. The largest absolute Gasteiger partial charge is 0.377 e. The maximum Gasteiger partial charge on any atom is 0.0398 e. The van der Waals surface area contributed by atoms with Crippen molar-refractivity contribution in [2.24, 2.45) is 0 Å². The minimum Gasteiger partial charge on any atom is -0.377 e.